The van der Waals surface area contributed by atoms with E-state index in [4.69, 9.17) is 0 Å². The molecular formula is C13H18N2OS. The van der Waals surface area contributed by atoms with Crippen LogP contribution in [-0.4, -0.2) is 29.9 Å². The van der Waals surface area contributed by atoms with Gasteiger partial charge in [-0.1, -0.05) is 0 Å². The van der Waals surface area contributed by atoms with E-state index >= 15 is 0 Å². The van der Waals surface area contributed by atoms with Gasteiger partial charge in [0.2, 0.25) is 5.91 Å². The summed E-state index contributed by atoms with van der Waals surface area (Å²) in [4.78, 5) is 14.1. The van der Waals surface area contributed by atoms with Crippen molar-refractivity contribution in [1.29, 1.82) is 0 Å². The molecule has 2 fully saturated rings. The van der Waals surface area contributed by atoms with Gasteiger partial charge in [0.25, 0.3) is 0 Å². The van der Waals surface area contributed by atoms with Crippen LogP contribution in [0.5, 0.6) is 0 Å². The summed E-state index contributed by atoms with van der Waals surface area (Å²) in [7, 11) is 0. The van der Waals surface area contributed by atoms with Gasteiger partial charge in [-0.05, 0) is 54.6 Å². The number of hydrogen-bond donors (Lipinski definition) is 1. The van der Waals surface area contributed by atoms with Crippen LogP contribution in [-0.2, 0) is 4.79 Å². The van der Waals surface area contributed by atoms with Crippen molar-refractivity contribution in [2.45, 2.75) is 37.8 Å². The smallest absolute Gasteiger partial charge is 0.234 e. The molecule has 3 nitrogen and oxygen atoms in total. The molecule has 1 aliphatic heterocycles. The van der Waals surface area contributed by atoms with Crippen molar-refractivity contribution in [3.8, 4) is 0 Å². The van der Waals surface area contributed by atoms with Crippen LogP contribution >= 0.6 is 11.3 Å². The molecule has 0 aromatic carbocycles. The number of hydrogen-bond acceptors (Lipinski definition) is 3. The maximum atomic E-state index is 11.8. The summed E-state index contributed by atoms with van der Waals surface area (Å²) in [5.74, 6) is 0.203. The van der Waals surface area contributed by atoms with E-state index in [-0.39, 0.29) is 5.91 Å². The van der Waals surface area contributed by atoms with E-state index < -0.39 is 0 Å². The fraction of sp³-hybridized carbons (Fsp3) is 0.615. The molecule has 1 aliphatic carbocycles. The van der Waals surface area contributed by atoms with E-state index in [1.807, 2.05) is 0 Å². The molecule has 3 rings (SSSR count). The number of nitrogens with zero attached hydrogens (tertiary/aromatic N) is 1. The van der Waals surface area contributed by atoms with Crippen molar-refractivity contribution in [3.05, 3.63) is 22.4 Å². The van der Waals surface area contributed by atoms with Gasteiger partial charge in [0.15, 0.2) is 0 Å². The molecule has 0 unspecified atom stereocenters. The Morgan fingerprint density at radius 1 is 1.47 bits per heavy atom. The second kappa shape index (κ2) is 4.78. The Kier molecular flexibility index (Phi) is 3.16. The molecule has 4 heteroatoms. The van der Waals surface area contributed by atoms with E-state index in [9.17, 15) is 4.79 Å². The van der Waals surface area contributed by atoms with Crippen LogP contribution in [0.3, 0.4) is 0 Å². The van der Waals surface area contributed by atoms with Crippen molar-refractivity contribution in [2.24, 2.45) is 0 Å². The van der Waals surface area contributed by atoms with Crippen molar-refractivity contribution < 1.29 is 4.79 Å². The van der Waals surface area contributed by atoms with Crippen LogP contribution < -0.4 is 5.32 Å². The lowest BCUT2D eigenvalue weighted by atomic mass is 10.1. The van der Waals surface area contributed by atoms with E-state index in [0.29, 0.717) is 18.6 Å². The Hall–Kier alpha value is -0.870. The number of thiophene rings is 1. The lowest BCUT2D eigenvalue weighted by molar-refractivity contribution is -0.122. The molecule has 92 valence electrons. The Morgan fingerprint density at radius 3 is 3.06 bits per heavy atom. The maximum absolute atomic E-state index is 11.8. The second-order valence-electron chi connectivity index (χ2n) is 5.03. The monoisotopic (exact) mass is 250 g/mol. The third-order valence-electron chi connectivity index (χ3n) is 3.58. The van der Waals surface area contributed by atoms with Gasteiger partial charge >= 0.3 is 0 Å². The van der Waals surface area contributed by atoms with E-state index in [0.717, 1.165) is 6.54 Å². The molecule has 0 radical (unpaired) electrons. The molecule has 0 spiro atoms. The van der Waals surface area contributed by atoms with Gasteiger partial charge in [-0.15, -0.1) is 0 Å². The minimum Gasteiger partial charge on any atom is -0.352 e. The first kappa shape index (κ1) is 11.2. The van der Waals surface area contributed by atoms with Crippen molar-refractivity contribution in [1.82, 2.24) is 10.2 Å². The first-order valence-electron chi connectivity index (χ1n) is 6.38. The third-order valence-corrected chi connectivity index (χ3v) is 4.28. The number of carbonyl (C=O) groups excluding carboxylic acids is 1. The standard InChI is InChI=1S/C13H18N2OS/c16-13(14-11-3-4-11)8-15-6-1-2-12(15)10-5-7-17-9-10/h5,7,9,11-12H,1-4,6,8H2,(H,14,16)/t12-/m0/s1. The first-order chi connectivity index (χ1) is 8.33. The summed E-state index contributed by atoms with van der Waals surface area (Å²) in [5, 5.41) is 7.40. The number of amides is 1. The van der Waals surface area contributed by atoms with Crippen LogP contribution in [0.4, 0.5) is 0 Å². The zero-order valence-corrected chi connectivity index (χ0v) is 10.7. The highest BCUT2D eigenvalue weighted by atomic mass is 32.1. The van der Waals surface area contributed by atoms with Gasteiger partial charge in [-0.2, -0.15) is 11.3 Å². The molecule has 1 amide bonds. The van der Waals surface area contributed by atoms with Crippen LogP contribution in [0.2, 0.25) is 0 Å². The summed E-state index contributed by atoms with van der Waals surface area (Å²) in [5.41, 5.74) is 1.38. The number of carbonyl (C=O) groups is 1. The van der Waals surface area contributed by atoms with Gasteiger partial charge in [-0.25, -0.2) is 0 Å². The minimum absolute atomic E-state index is 0.203. The normalized spacial score (nSPS) is 25.1. The average Bonchev–Trinajstić information content (AvgIpc) is 2.83. The molecule has 1 N–H and O–H groups in total. The summed E-state index contributed by atoms with van der Waals surface area (Å²) < 4.78 is 0. The highest BCUT2D eigenvalue weighted by Gasteiger charge is 2.29. The molecule has 1 aromatic heterocycles. The largest absolute Gasteiger partial charge is 0.352 e. The highest BCUT2D eigenvalue weighted by molar-refractivity contribution is 7.07. The van der Waals surface area contributed by atoms with Crippen LogP contribution in [0, 0.1) is 0 Å². The van der Waals surface area contributed by atoms with E-state index in [2.05, 4.69) is 27.0 Å². The summed E-state index contributed by atoms with van der Waals surface area (Å²) >= 11 is 1.74. The molecule has 17 heavy (non-hydrogen) atoms. The first-order valence-corrected chi connectivity index (χ1v) is 7.33. The van der Waals surface area contributed by atoms with Crippen LogP contribution in [0.1, 0.15) is 37.3 Å². The number of likely N-dealkylation sites (tertiary alicyclic amines) is 1. The average molecular weight is 250 g/mol. The maximum Gasteiger partial charge on any atom is 0.234 e. The lowest BCUT2D eigenvalue weighted by Crippen LogP contribution is -2.37. The number of rotatable bonds is 4. The lowest BCUT2D eigenvalue weighted by Gasteiger charge is -2.23. The molecular weight excluding hydrogens is 232 g/mol. The quantitative estimate of drug-likeness (QED) is 0.888. The van der Waals surface area contributed by atoms with Crippen molar-refractivity contribution >= 4 is 17.2 Å². The summed E-state index contributed by atoms with van der Waals surface area (Å²) in [6.45, 7) is 1.62. The topological polar surface area (TPSA) is 32.3 Å². The van der Waals surface area contributed by atoms with E-state index in [1.165, 1.54) is 31.2 Å². The molecule has 1 atom stereocenters. The Bertz CT molecular complexity index is 386. The van der Waals surface area contributed by atoms with E-state index in [1.54, 1.807) is 11.3 Å². The van der Waals surface area contributed by atoms with Crippen LogP contribution in [0.25, 0.3) is 0 Å². The fourth-order valence-electron chi connectivity index (χ4n) is 2.54. The number of nitrogens with one attached hydrogen (secondary N) is 1. The van der Waals surface area contributed by atoms with Gasteiger partial charge < -0.3 is 5.32 Å². The molecule has 2 aliphatic rings. The zero-order chi connectivity index (χ0) is 11.7. The molecule has 1 saturated carbocycles. The minimum atomic E-state index is 0.203. The third kappa shape index (κ3) is 2.69. The Morgan fingerprint density at radius 2 is 2.35 bits per heavy atom. The second-order valence-corrected chi connectivity index (χ2v) is 5.81. The molecule has 1 aromatic rings. The van der Waals surface area contributed by atoms with Crippen LogP contribution in [0.15, 0.2) is 16.8 Å². The van der Waals surface area contributed by atoms with Gasteiger partial charge in [0.05, 0.1) is 6.54 Å². The van der Waals surface area contributed by atoms with Crippen molar-refractivity contribution in [3.63, 3.8) is 0 Å². The zero-order valence-electron chi connectivity index (χ0n) is 9.89. The molecule has 0 bridgehead atoms. The van der Waals surface area contributed by atoms with Crippen molar-refractivity contribution in [2.75, 3.05) is 13.1 Å². The molecule has 2 heterocycles. The summed E-state index contributed by atoms with van der Waals surface area (Å²) in [6.07, 6.45) is 4.73. The van der Waals surface area contributed by atoms with Gasteiger partial charge in [0.1, 0.15) is 0 Å². The fourth-order valence-corrected chi connectivity index (χ4v) is 3.25. The summed E-state index contributed by atoms with van der Waals surface area (Å²) in [6, 6.07) is 3.13. The highest BCUT2D eigenvalue weighted by Crippen LogP contribution is 2.32. The predicted molar refractivity (Wildman–Crippen MR) is 69.0 cm³/mol. The van der Waals surface area contributed by atoms with Gasteiger partial charge in [0, 0.05) is 12.1 Å². The van der Waals surface area contributed by atoms with Gasteiger partial charge in [-0.3, -0.25) is 9.69 Å². The Labute approximate surface area is 106 Å². The molecule has 1 saturated heterocycles. The predicted octanol–water partition coefficient (Wildman–Crippen LogP) is 2.16. The SMILES string of the molecule is O=C(CN1CCC[C@H]1c1ccsc1)NC1CC1. The Balaban J connectivity index is 1.59.